The zero-order chi connectivity index (χ0) is 15.2. The minimum Gasteiger partial charge on any atom is -0.306 e. The molecule has 1 unspecified atom stereocenters. The minimum atomic E-state index is 0.405. The molecular formula is C19H24BrN. The van der Waals surface area contributed by atoms with E-state index in [4.69, 9.17) is 0 Å². The van der Waals surface area contributed by atoms with Crippen molar-refractivity contribution < 1.29 is 0 Å². The van der Waals surface area contributed by atoms with Crippen molar-refractivity contribution in [2.24, 2.45) is 0 Å². The molecule has 1 N–H and O–H groups in total. The van der Waals surface area contributed by atoms with Gasteiger partial charge in [-0.1, -0.05) is 73.1 Å². The zero-order valence-electron chi connectivity index (χ0n) is 13.1. The van der Waals surface area contributed by atoms with Crippen LogP contribution >= 0.6 is 15.9 Å². The van der Waals surface area contributed by atoms with Crippen molar-refractivity contribution in [3.63, 3.8) is 0 Å². The topological polar surface area (TPSA) is 12.0 Å². The normalized spacial score (nSPS) is 12.6. The molecule has 0 aliphatic rings. The van der Waals surface area contributed by atoms with Crippen molar-refractivity contribution in [1.29, 1.82) is 0 Å². The third kappa shape index (κ3) is 4.69. The first-order valence-corrected chi connectivity index (χ1v) is 8.47. The molecule has 0 aliphatic carbocycles. The molecule has 2 rings (SSSR count). The van der Waals surface area contributed by atoms with Crippen molar-refractivity contribution in [2.45, 2.75) is 45.7 Å². The van der Waals surface area contributed by atoms with Crippen LogP contribution in [0.1, 0.15) is 55.8 Å². The van der Waals surface area contributed by atoms with E-state index in [-0.39, 0.29) is 0 Å². The van der Waals surface area contributed by atoms with Crippen LogP contribution in [-0.2, 0) is 6.54 Å². The van der Waals surface area contributed by atoms with Gasteiger partial charge in [0.15, 0.2) is 0 Å². The Kier molecular flexibility index (Phi) is 6.01. The third-order valence-corrected chi connectivity index (χ3v) is 4.41. The molecule has 0 fully saturated rings. The van der Waals surface area contributed by atoms with Crippen molar-refractivity contribution in [2.75, 3.05) is 0 Å². The summed E-state index contributed by atoms with van der Waals surface area (Å²) >= 11 is 3.49. The lowest BCUT2D eigenvalue weighted by Gasteiger charge is -2.18. The van der Waals surface area contributed by atoms with E-state index in [2.05, 4.69) is 90.5 Å². The van der Waals surface area contributed by atoms with Gasteiger partial charge in [-0.15, -0.1) is 0 Å². The van der Waals surface area contributed by atoms with Gasteiger partial charge in [-0.3, -0.25) is 0 Å². The Morgan fingerprint density at radius 2 is 1.48 bits per heavy atom. The SMILES string of the molecule is CCC(NCc1ccc(C(C)C)cc1)c1ccc(Br)cc1. The van der Waals surface area contributed by atoms with Gasteiger partial charge in [-0.05, 0) is 41.2 Å². The first-order chi connectivity index (χ1) is 10.1. The maximum absolute atomic E-state index is 3.65. The summed E-state index contributed by atoms with van der Waals surface area (Å²) in [5, 5.41) is 3.65. The average Bonchev–Trinajstić information content (AvgIpc) is 2.50. The molecular weight excluding hydrogens is 322 g/mol. The lowest BCUT2D eigenvalue weighted by molar-refractivity contribution is 0.519. The molecule has 0 bridgehead atoms. The molecule has 0 heterocycles. The summed E-state index contributed by atoms with van der Waals surface area (Å²) in [6, 6.07) is 17.9. The van der Waals surface area contributed by atoms with E-state index in [1.165, 1.54) is 16.7 Å². The highest BCUT2D eigenvalue weighted by molar-refractivity contribution is 9.10. The fourth-order valence-electron chi connectivity index (χ4n) is 2.45. The first-order valence-electron chi connectivity index (χ1n) is 7.67. The quantitative estimate of drug-likeness (QED) is 0.696. The third-order valence-electron chi connectivity index (χ3n) is 3.88. The number of halogens is 1. The van der Waals surface area contributed by atoms with E-state index in [0.29, 0.717) is 12.0 Å². The average molecular weight is 346 g/mol. The molecule has 0 saturated carbocycles. The number of hydrogen-bond acceptors (Lipinski definition) is 1. The molecule has 0 aromatic heterocycles. The molecule has 112 valence electrons. The molecule has 0 saturated heterocycles. The standard InChI is InChI=1S/C19H24BrN/c1-4-19(17-9-11-18(20)12-10-17)21-13-15-5-7-16(8-6-15)14(2)3/h5-12,14,19,21H,4,13H2,1-3H3. The van der Waals surface area contributed by atoms with Crippen molar-refractivity contribution in [1.82, 2.24) is 5.32 Å². The van der Waals surface area contributed by atoms with Crippen LogP contribution in [0.5, 0.6) is 0 Å². The van der Waals surface area contributed by atoms with Crippen molar-refractivity contribution >= 4 is 15.9 Å². The Hall–Kier alpha value is -1.12. The molecule has 0 spiro atoms. The van der Waals surface area contributed by atoms with Crippen LogP contribution in [0.25, 0.3) is 0 Å². The molecule has 0 amide bonds. The molecule has 0 aliphatic heterocycles. The highest BCUT2D eigenvalue weighted by Crippen LogP contribution is 2.20. The highest BCUT2D eigenvalue weighted by Gasteiger charge is 2.08. The molecule has 2 aromatic rings. The van der Waals surface area contributed by atoms with Crippen LogP contribution in [0.2, 0.25) is 0 Å². The van der Waals surface area contributed by atoms with Gasteiger partial charge in [-0.2, -0.15) is 0 Å². The molecule has 21 heavy (non-hydrogen) atoms. The molecule has 2 heteroatoms. The monoisotopic (exact) mass is 345 g/mol. The van der Waals surface area contributed by atoms with Gasteiger partial charge in [0.2, 0.25) is 0 Å². The Morgan fingerprint density at radius 1 is 0.905 bits per heavy atom. The molecule has 2 aromatic carbocycles. The maximum Gasteiger partial charge on any atom is 0.0320 e. The van der Waals surface area contributed by atoms with Crippen molar-refractivity contribution in [3.8, 4) is 0 Å². The predicted molar refractivity (Wildman–Crippen MR) is 94.5 cm³/mol. The summed E-state index contributed by atoms with van der Waals surface area (Å²) in [5.74, 6) is 0.596. The first kappa shape index (κ1) is 16.3. The molecule has 1 atom stereocenters. The second kappa shape index (κ2) is 7.77. The van der Waals surface area contributed by atoms with Gasteiger partial charge in [0.05, 0.1) is 0 Å². The van der Waals surface area contributed by atoms with E-state index in [1.807, 2.05) is 0 Å². The minimum absolute atomic E-state index is 0.405. The van der Waals surface area contributed by atoms with Crippen LogP contribution in [0, 0.1) is 0 Å². The number of nitrogens with one attached hydrogen (secondary N) is 1. The van der Waals surface area contributed by atoms with Gasteiger partial charge in [0, 0.05) is 17.1 Å². The Morgan fingerprint density at radius 3 is 2.00 bits per heavy atom. The summed E-state index contributed by atoms with van der Waals surface area (Å²) in [7, 11) is 0. The van der Waals surface area contributed by atoms with E-state index in [0.717, 1.165) is 17.4 Å². The summed E-state index contributed by atoms with van der Waals surface area (Å²) in [6.45, 7) is 7.59. The van der Waals surface area contributed by atoms with Crippen LogP contribution in [-0.4, -0.2) is 0 Å². The maximum atomic E-state index is 3.65. The Labute approximate surface area is 136 Å². The highest BCUT2D eigenvalue weighted by atomic mass is 79.9. The second-order valence-electron chi connectivity index (χ2n) is 5.79. The van der Waals surface area contributed by atoms with Crippen LogP contribution in [0.4, 0.5) is 0 Å². The van der Waals surface area contributed by atoms with Gasteiger partial charge in [0.25, 0.3) is 0 Å². The Balaban J connectivity index is 1.98. The molecule has 0 radical (unpaired) electrons. The van der Waals surface area contributed by atoms with Gasteiger partial charge in [-0.25, -0.2) is 0 Å². The van der Waals surface area contributed by atoms with Gasteiger partial charge < -0.3 is 5.32 Å². The Bertz CT molecular complexity index is 543. The van der Waals surface area contributed by atoms with Crippen LogP contribution in [0.15, 0.2) is 53.0 Å². The van der Waals surface area contributed by atoms with E-state index in [1.54, 1.807) is 0 Å². The lowest BCUT2D eigenvalue weighted by Crippen LogP contribution is -2.20. The van der Waals surface area contributed by atoms with E-state index >= 15 is 0 Å². The largest absolute Gasteiger partial charge is 0.306 e. The van der Waals surface area contributed by atoms with Crippen molar-refractivity contribution in [3.05, 3.63) is 69.7 Å². The summed E-state index contributed by atoms with van der Waals surface area (Å²) in [4.78, 5) is 0. The van der Waals surface area contributed by atoms with E-state index < -0.39 is 0 Å². The van der Waals surface area contributed by atoms with Crippen LogP contribution in [0.3, 0.4) is 0 Å². The number of hydrogen-bond donors (Lipinski definition) is 1. The summed E-state index contributed by atoms with van der Waals surface area (Å²) in [6.07, 6.45) is 1.09. The smallest absolute Gasteiger partial charge is 0.0320 e. The van der Waals surface area contributed by atoms with Crippen LogP contribution < -0.4 is 5.32 Å². The lowest BCUT2D eigenvalue weighted by atomic mass is 10.0. The van der Waals surface area contributed by atoms with Gasteiger partial charge >= 0.3 is 0 Å². The molecule has 1 nitrogen and oxygen atoms in total. The number of rotatable bonds is 6. The fraction of sp³-hybridized carbons (Fsp3) is 0.368. The fourth-order valence-corrected chi connectivity index (χ4v) is 2.72. The second-order valence-corrected chi connectivity index (χ2v) is 6.71. The summed E-state index contributed by atoms with van der Waals surface area (Å²) in [5.41, 5.74) is 4.09. The zero-order valence-corrected chi connectivity index (χ0v) is 14.7. The summed E-state index contributed by atoms with van der Waals surface area (Å²) < 4.78 is 1.13. The van der Waals surface area contributed by atoms with Gasteiger partial charge in [0.1, 0.15) is 0 Å². The van der Waals surface area contributed by atoms with E-state index in [9.17, 15) is 0 Å². The number of benzene rings is 2. The predicted octanol–water partition coefficient (Wildman–Crippen LogP) is 5.81.